The van der Waals surface area contributed by atoms with Crippen molar-refractivity contribution < 1.29 is 9.18 Å². The summed E-state index contributed by atoms with van der Waals surface area (Å²) in [6.07, 6.45) is 5.96. The first-order valence-corrected chi connectivity index (χ1v) is 13.6. The van der Waals surface area contributed by atoms with Crippen molar-refractivity contribution in [1.82, 2.24) is 19.4 Å². The Kier molecular flexibility index (Phi) is 6.61. The highest BCUT2D eigenvalue weighted by molar-refractivity contribution is 7.99. The molecule has 1 aromatic carbocycles. The van der Waals surface area contributed by atoms with Crippen molar-refractivity contribution >= 4 is 39.9 Å². The molecule has 3 heterocycles. The van der Waals surface area contributed by atoms with Crippen LogP contribution in [0.25, 0.3) is 0 Å². The average molecular weight is 527 g/mol. The van der Waals surface area contributed by atoms with Crippen LogP contribution in [0.5, 0.6) is 0 Å². The molecule has 0 atom stereocenters. The van der Waals surface area contributed by atoms with E-state index >= 15 is 0 Å². The molecule has 10 heteroatoms. The summed E-state index contributed by atoms with van der Waals surface area (Å²) >= 11 is 3.14. The van der Waals surface area contributed by atoms with Gasteiger partial charge in [-0.2, -0.15) is 5.10 Å². The van der Waals surface area contributed by atoms with E-state index in [0.29, 0.717) is 30.2 Å². The molecule has 1 aliphatic carbocycles. The minimum absolute atomic E-state index is 0.0815. The quantitative estimate of drug-likeness (QED) is 0.379. The van der Waals surface area contributed by atoms with Crippen molar-refractivity contribution in [2.45, 2.75) is 49.5 Å². The van der Waals surface area contributed by atoms with Crippen molar-refractivity contribution in [3.8, 4) is 0 Å². The fourth-order valence-electron chi connectivity index (χ4n) is 4.13. The first kappa shape index (κ1) is 24.9. The summed E-state index contributed by atoms with van der Waals surface area (Å²) in [5.74, 6) is 0.237. The Hall–Kier alpha value is -2.82. The molecule has 7 nitrogen and oxygen atoms in total. The minimum atomic E-state index is -0.257. The number of hydrogen-bond acceptors (Lipinski definition) is 7. The summed E-state index contributed by atoms with van der Waals surface area (Å²) in [7, 11) is 3.73. The molecule has 2 aromatic heterocycles. The number of anilines is 2. The number of hydrogen-bond donors (Lipinski definition) is 1. The summed E-state index contributed by atoms with van der Waals surface area (Å²) < 4.78 is 21.2. The lowest BCUT2D eigenvalue weighted by atomic mass is 10.1. The number of fused-ring (bicyclic) bond motifs is 1. The van der Waals surface area contributed by atoms with Crippen molar-refractivity contribution in [1.29, 1.82) is 0 Å². The van der Waals surface area contributed by atoms with Crippen LogP contribution in [0, 0.1) is 5.82 Å². The monoisotopic (exact) mass is 526 g/mol. The number of thiophene rings is 1. The molecule has 1 amide bonds. The Morgan fingerprint density at radius 3 is 2.64 bits per heavy atom. The lowest BCUT2D eigenvalue weighted by Crippen LogP contribution is -2.42. The Balaban J connectivity index is 1.46. The van der Waals surface area contributed by atoms with Gasteiger partial charge in [0.15, 0.2) is 0 Å². The number of aryl methyl sites for hydroxylation is 1. The Labute approximate surface area is 219 Å². The fraction of sp³-hybridized carbons (Fsp3) is 0.385. The van der Waals surface area contributed by atoms with Gasteiger partial charge >= 0.3 is 0 Å². The first-order valence-electron chi connectivity index (χ1n) is 12.0. The van der Waals surface area contributed by atoms with Gasteiger partial charge in [-0.05, 0) is 62.4 Å². The summed E-state index contributed by atoms with van der Waals surface area (Å²) in [4.78, 5) is 19.2. The predicted molar refractivity (Wildman–Crippen MR) is 145 cm³/mol. The van der Waals surface area contributed by atoms with Gasteiger partial charge in [-0.15, -0.1) is 11.3 Å². The van der Waals surface area contributed by atoms with Gasteiger partial charge in [-0.3, -0.25) is 19.1 Å². The van der Waals surface area contributed by atoms with Crippen molar-refractivity contribution in [2.75, 3.05) is 23.4 Å². The molecule has 0 saturated heterocycles. The van der Waals surface area contributed by atoms with E-state index in [1.54, 1.807) is 45.1 Å². The van der Waals surface area contributed by atoms with E-state index in [1.807, 2.05) is 55.2 Å². The van der Waals surface area contributed by atoms with Crippen molar-refractivity contribution in [3.05, 3.63) is 71.6 Å². The van der Waals surface area contributed by atoms with Gasteiger partial charge in [0, 0.05) is 37.9 Å². The molecular weight excluding hydrogens is 495 g/mol. The van der Waals surface area contributed by atoms with Gasteiger partial charge in [0.05, 0.1) is 34.7 Å². The van der Waals surface area contributed by atoms with E-state index in [0.717, 1.165) is 39.7 Å². The molecule has 1 fully saturated rings. The molecule has 0 bridgehead atoms. The second kappa shape index (κ2) is 9.57. The van der Waals surface area contributed by atoms with Crippen LogP contribution in [0.4, 0.5) is 15.1 Å². The molecule has 2 aliphatic rings. The Morgan fingerprint density at radius 2 is 2.00 bits per heavy atom. The SMILES string of the molecule is C=C1N(Cc2cnn(C)c2)C(=O)c2cc(SNC3(C)CC3)sc2N1Cc1ccc(N(C)CC)c(F)c1. The highest BCUT2D eigenvalue weighted by atomic mass is 32.2. The van der Waals surface area contributed by atoms with Crippen molar-refractivity contribution in [3.63, 3.8) is 0 Å². The largest absolute Gasteiger partial charge is 0.373 e. The molecule has 0 spiro atoms. The lowest BCUT2D eigenvalue weighted by molar-refractivity contribution is 0.0783. The number of benzene rings is 1. The van der Waals surface area contributed by atoms with Crippen molar-refractivity contribution in [2.24, 2.45) is 7.05 Å². The van der Waals surface area contributed by atoms with Crippen LogP contribution < -0.4 is 14.5 Å². The van der Waals surface area contributed by atoms with E-state index in [4.69, 9.17) is 0 Å². The molecule has 36 heavy (non-hydrogen) atoms. The van der Waals surface area contributed by atoms with Gasteiger partial charge < -0.3 is 9.80 Å². The van der Waals surface area contributed by atoms with E-state index in [9.17, 15) is 9.18 Å². The lowest BCUT2D eigenvalue weighted by Gasteiger charge is -2.38. The van der Waals surface area contributed by atoms with E-state index < -0.39 is 0 Å². The average Bonchev–Trinajstić information content (AvgIpc) is 3.23. The normalized spacial score (nSPS) is 16.5. The van der Waals surface area contributed by atoms with E-state index in [1.165, 1.54) is 0 Å². The van der Waals surface area contributed by atoms with Gasteiger partial charge in [0.25, 0.3) is 5.91 Å². The third-order valence-electron chi connectivity index (χ3n) is 6.77. The van der Waals surface area contributed by atoms with Crippen LogP contribution in [-0.2, 0) is 20.1 Å². The molecular formula is C26H31FN6OS2. The summed E-state index contributed by atoms with van der Waals surface area (Å²) in [5.41, 5.74) is 3.11. The number of rotatable bonds is 9. The molecule has 1 saturated carbocycles. The second-order valence-corrected chi connectivity index (χ2v) is 11.9. The third-order valence-corrected chi connectivity index (χ3v) is 9.14. The van der Waals surface area contributed by atoms with Gasteiger partial charge in [-0.25, -0.2) is 4.39 Å². The highest BCUT2D eigenvalue weighted by Crippen LogP contribution is 2.45. The van der Waals surface area contributed by atoms with Crippen LogP contribution in [0.15, 0.2) is 53.3 Å². The number of nitrogens with zero attached hydrogens (tertiary/aromatic N) is 5. The van der Waals surface area contributed by atoms with Gasteiger partial charge in [-0.1, -0.05) is 12.6 Å². The van der Waals surface area contributed by atoms with Crippen LogP contribution in [-0.4, -0.2) is 39.7 Å². The number of halogens is 1. The summed E-state index contributed by atoms with van der Waals surface area (Å²) in [6.45, 7) is 9.99. The highest BCUT2D eigenvalue weighted by Gasteiger charge is 2.39. The number of carbonyl (C=O) groups excluding carboxylic acids is 1. The zero-order valence-corrected chi connectivity index (χ0v) is 22.7. The van der Waals surface area contributed by atoms with E-state index in [2.05, 4.69) is 23.3 Å². The smallest absolute Gasteiger partial charge is 0.262 e. The van der Waals surface area contributed by atoms with Crippen LogP contribution in [0.3, 0.4) is 0 Å². The second-order valence-electron chi connectivity index (χ2n) is 9.76. The molecule has 1 aliphatic heterocycles. The number of carbonyl (C=O) groups is 1. The summed E-state index contributed by atoms with van der Waals surface area (Å²) in [6, 6.07) is 7.30. The minimum Gasteiger partial charge on any atom is -0.373 e. The van der Waals surface area contributed by atoms with Gasteiger partial charge in [0.2, 0.25) is 0 Å². The maximum atomic E-state index is 14.9. The zero-order valence-electron chi connectivity index (χ0n) is 21.0. The maximum absolute atomic E-state index is 14.9. The van der Waals surface area contributed by atoms with E-state index in [-0.39, 0.29) is 17.3 Å². The third kappa shape index (κ3) is 4.89. The predicted octanol–water partition coefficient (Wildman–Crippen LogP) is 5.36. The molecule has 0 unspecified atom stereocenters. The topological polar surface area (TPSA) is 56.6 Å². The number of nitrogens with one attached hydrogen (secondary N) is 1. The molecule has 0 radical (unpaired) electrons. The first-order chi connectivity index (χ1) is 17.2. The summed E-state index contributed by atoms with van der Waals surface area (Å²) in [5, 5.41) is 5.08. The maximum Gasteiger partial charge on any atom is 0.262 e. The molecule has 5 rings (SSSR count). The Morgan fingerprint density at radius 1 is 1.25 bits per heavy atom. The molecule has 1 N–H and O–H groups in total. The van der Waals surface area contributed by atoms with Crippen LogP contribution >= 0.6 is 23.3 Å². The zero-order chi connectivity index (χ0) is 25.6. The standard InChI is InChI=1S/C26H31FN6OS2/c1-6-30(4)22-8-7-18(11-21(22)27)15-33-17(2)32(16-19-13-28-31(5)14-19)24(34)20-12-23(35-25(20)33)36-29-26(3)9-10-26/h7-8,11-14,29H,2,6,9-10,15-16H2,1,3-5H3. The van der Waals surface area contributed by atoms with Gasteiger partial charge in [0.1, 0.15) is 16.6 Å². The molecule has 3 aromatic rings. The fourth-order valence-corrected chi connectivity index (χ4v) is 6.29. The van der Waals surface area contributed by atoms with Crippen LogP contribution in [0.1, 0.15) is 48.2 Å². The number of amides is 1. The Bertz CT molecular complexity index is 1310. The molecule has 190 valence electrons. The van der Waals surface area contributed by atoms with Crippen LogP contribution in [0.2, 0.25) is 0 Å². The number of aromatic nitrogens is 2.